The SMILES string of the molecule is Cc1ccc(F)cc1-c1nc(C)c(F)c(N)n1. The molecule has 5 heteroatoms. The molecule has 0 unspecified atom stereocenters. The number of aromatic nitrogens is 2. The van der Waals surface area contributed by atoms with Gasteiger partial charge in [-0.05, 0) is 31.5 Å². The van der Waals surface area contributed by atoms with Crippen LogP contribution < -0.4 is 5.73 Å². The monoisotopic (exact) mass is 235 g/mol. The lowest BCUT2D eigenvalue weighted by atomic mass is 10.1. The summed E-state index contributed by atoms with van der Waals surface area (Å²) in [5.41, 5.74) is 6.89. The maximum absolute atomic E-state index is 13.3. The molecule has 0 aliphatic heterocycles. The van der Waals surface area contributed by atoms with Crippen molar-refractivity contribution < 1.29 is 8.78 Å². The first-order chi connectivity index (χ1) is 7.99. The number of nitrogen functional groups attached to an aromatic ring is 1. The van der Waals surface area contributed by atoms with Gasteiger partial charge < -0.3 is 5.73 Å². The number of rotatable bonds is 1. The Balaban J connectivity index is 2.64. The molecule has 2 N–H and O–H groups in total. The molecular formula is C12H11F2N3. The van der Waals surface area contributed by atoms with Crippen LogP contribution >= 0.6 is 0 Å². The highest BCUT2D eigenvalue weighted by Crippen LogP contribution is 2.23. The van der Waals surface area contributed by atoms with E-state index in [9.17, 15) is 8.78 Å². The van der Waals surface area contributed by atoms with Gasteiger partial charge in [-0.3, -0.25) is 0 Å². The van der Waals surface area contributed by atoms with E-state index in [0.29, 0.717) is 5.56 Å². The van der Waals surface area contributed by atoms with Crippen LogP contribution in [0.1, 0.15) is 11.3 Å². The fourth-order valence-corrected chi connectivity index (χ4v) is 1.54. The molecular weight excluding hydrogens is 224 g/mol. The molecule has 88 valence electrons. The zero-order valence-corrected chi connectivity index (χ0v) is 9.46. The maximum atomic E-state index is 13.3. The van der Waals surface area contributed by atoms with Gasteiger partial charge in [0.1, 0.15) is 5.82 Å². The number of halogens is 2. The van der Waals surface area contributed by atoms with E-state index in [-0.39, 0.29) is 17.3 Å². The lowest BCUT2D eigenvalue weighted by Gasteiger charge is -2.07. The number of hydrogen-bond donors (Lipinski definition) is 1. The summed E-state index contributed by atoms with van der Waals surface area (Å²) in [5, 5.41) is 0. The predicted molar refractivity (Wildman–Crippen MR) is 61.3 cm³/mol. The molecule has 0 spiro atoms. The normalized spacial score (nSPS) is 10.6. The van der Waals surface area contributed by atoms with Crippen molar-refractivity contribution in [3.63, 3.8) is 0 Å². The molecule has 0 radical (unpaired) electrons. The van der Waals surface area contributed by atoms with E-state index < -0.39 is 11.6 Å². The fraction of sp³-hybridized carbons (Fsp3) is 0.167. The van der Waals surface area contributed by atoms with Crippen molar-refractivity contribution in [2.24, 2.45) is 0 Å². The van der Waals surface area contributed by atoms with Gasteiger partial charge in [0, 0.05) is 5.56 Å². The first kappa shape index (κ1) is 11.4. The van der Waals surface area contributed by atoms with Crippen LogP contribution in [-0.4, -0.2) is 9.97 Å². The lowest BCUT2D eigenvalue weighted by Crippen LogP contribution is -2.03. The first-order valence-corrected chi connectivity index (χ1v) is 5.05. The smallest absolute Gasteiger partial charge is 0.186 e. The Kier molecular flexibility index (Phi) is 2.75. The summed E-state index contributed by atoms with van der Waals surface area (Å²) < 4.78 is 26.4. The second-order valence-corrected chi connectivity index (χ2v) is 3.79. The van der Waals surface area contributed by atoms with Crippen molar-refractivity contribution in [1.29, 1.82) is 0 Å². The molecule has 0 atom stereocenters. The molecule has 0 fully saturated rings. The minimum Gasteiger partial charge on any atom is -0.381 e. The van der Waals surface area contributed by atoms with Crippen LogP contribution in [-0.2, 0) is 0 Å². The van der Waals surface area contributed by atoms with E-state index >= 15 is 0 Å². The van der Waals surface area contributed by atoms with Crippen LogP contribution in [0.5, 0.6) is 0 Å². The summed E-state index contributed by atoms with van der Waals surface area (Å²) in [5.74, 6) is -1.02. The fourth-order valence-electron chi connectivity index (χ4n) is 1.54. The van der Waals surface area contributed by atoms with E-state index in [1.54, 1.807) is 13.0 Å². The van der Waals surface area contributed by atoms with Gasteiger partial charge in [-0.2, -0.15) is 0 Å². The molecule has 3 nitrogen and oxygen atoms in total. The van der Waals surface area contributed by atoms with Crippen molar-refractivity contribution >= 4 is 5.82 Å². The third-order valence-electron chi connectivity index (χ3n) is 2.48. The number of hydrogen-bond acceptors (Lipinski definition) is 3. The first-order valence-electron chi connectivity index (χ1n) is 5.05. The Morgan fingerprint density at radius 1 is 1.12 bits per heavy atom. The summed E-state index contributed by atoms with van der Waals surface area (Å²) in [6.45, 7) is 3.29. The van der Waals surface area contributed by atoms with E-state index in [2.05, 4.69) is 9.97 Å². The number of anilines is 1. The van der Waals surface area contributed by atoms with Gasteiger partial charge in [0.15, 0.2) is 17.5 Å². The van der Waals surface area contributed by atoms with E-state index in [1.165, 1.54) is 19.1 Å². The van der Waals surface area contributed by atoms with Gasteiger partial charge >= 0.3 is 0 Å². The second-order valence-electron chi connectivity index (χ2n) is 3.79. The van der Waals surface area contributed by atoms with Crippen LogP contribution in [0.3, 0.4) is 0 Å². The van der Waals surface area contributed by atoms with Crippen LogP contribution in [0.25, 0.3) is 11.4 Å². The quantitative estimate of drug-likeness (QED) is 0.826. The molecule has 0 aliphatic rings. The molecule has 0 saturated heterocycles. The van der Waals surface area contributed by atoms with Gasteiger partial charge in [-0.15, -0.1) is 0 Å². The van der Waals surface area contributed by atoms with Crippen molar-refractivity contribution in [1.82, 2.24) is 9.97 Å². The van der Waals surface area contributed by atoms with Crippen LogP contribution in [0.4, 0.5) is 14.6 Å². The van der Waals surface area contributed by atoms with Crippen LogP contribution in [0, 0.1) is 25.5 Å². The highest BCUT2D eigenvalue weighted by Gasteiger charge is 2.12. The van der Waals surface area contributed by atoms with E-state index in [1.807, 2.05) is 0 Å². The van der Waals surface area contributed by atoms with Crippen molar-refractivity contribution in [3.8, 4) is 11.4 Å². The topological polar surface area (TPSA) is 51.8 Å². The highest BCUT2D eigenvalue weighted by atomic mass is 19.1. The molecule has 2 aromatic rings. The van der Waals surface area contributed by atoms with Crippen LogP contribution in [0.2, 0.25) is 0 Å². The number of benzene rings is 1. The molecule has 17 heavy (non-hydrogen) atoms. The maximum Gasteiger partial charge on any atom is 0.186 e. The van der Waals surface area contributed by atoms with Crippen molar-refractivity contribution in [3.05, 3.63) is 41.1 Å². The average molecular weight is 235 g/mol. The minimum absolute atomic E-state index is 0.149. The molecule has 1 heterocycles. The number of nitrogens with zero attached hydrogens (tertiary/aromatic N) is 2. The number of nitrogens with two attached hydrogens (primary N) is 1. The Labute approximate surface area is 97.3 Å². The van der Waals surface area contributed by atoms with Crippen molar-refractivity contribution in [2.45, 2.75) is 13.8 Å². The standard InChI is InChI=1S/C12H11F2N3/c1-6-3-4-8(13)5-9(6)12-16-7(2)10(14)11(15)17-12/h3-5H,1-2H3,(H2,15,16,17). The zero-order chi connectivity index (χ0) is 12.6. The second kappa shape index (κ2) is 4.08. The highest BCUT2D eigenvalue weighted by molar-refractivity contribution is 5.61. The molecule has 1 aromatic carbocycles. The molecule has 1 aromatic heterocycles. The summed E-state index contributed by atoms with van der Waals surface area (Å²) in [6.07, 6.45) is 0. The average Bonchev–Trinajstić information content (AvgIpc) is 2.28. The third kappa shape index (κ3) is 2.08. The zero-order valence-electron chi connectivity index (χ0n) is 9.46. The third-order valence-corrected chi connectivity index (χ3v) is 2.48. The molecule has 0 amide bonds. The summed E-state index contributed by atoms with van der Waals surface area (Å²) in [6, 6.07) is 4.27. The van der Waals surface area contributed by atoms with Gasteiger partial charge in [-0.25, -0.2) is 18.7 Å². The molecule has 0 bridgehead atoms. The molecule has 2 rings (SSSR count). The molecule has 0 aliphatic carbocycles. The largest absolute Gasteiger partial charge is 0.381 e. The van der Waals surface area contributed by atoms with Gasteiger partial charge in [0.05, 0.1) is 5.69 Å². The Morgan fingerprint density at radius 2 is 1.82 bits per heavy atom. The van der Waals surface area contributed by atoms with Gasteiger partial charge in [0.2, 0.25) is 0 Å². The van der Waals surface area contributed by atoms with Crippen molar-refractivity contribution in [2.75, 3.05) is 5.73 Å². The summed E-state index contributed by atoms with van der Waals surface area (Å²) >= 11 is 0. The van der Waals surface area contributed by atoms with E-state index in [4.69, 9.17) is 5.73 Å². The van der Waals surface area contributed by atoms with Crippen LogP contribution in [0.15, 0.2) is 18.2 Å². The lowest BCUT2D eigenvalue weighted by molar-refractivity contribution is 0.608. The minimum atomic E-state index is -0.636. The van der Waals surface area contributed by atoms with E-state index in [0.717, 1.165) is 5.56 Å². The number of aryl methyl sites for hydroxylation is 2. The van der Waals surface area contributed by atoms with Gasteiger partial charge in [-0.1, -0.05) is 6.07 Å². The predicted octanol–water partition coefficient (Wildman–Crippen LogP) is 2.62. The summed E-state index contributed by atoms with van der Waals surface area (Å²) in [4.78, 5) is 7.80. The Morgan fingerprint density at radius 3 is 2.47 bits per heavy atom. The van der Waals surface area contributed by atoms with Gasteiger partial charge in [0.25, 0.3) is 0 Å². The molecule has 0 saturated carbocycles. The Hall–Kier alpha value is -2.04. The summed E-state index contributed by atoms with van der Waals surface area (Å²) in [7, 11) is 0. The Bertz CT molecular complexity index is 559.